The number of halogens is 2. The molecule has 1 aromatic heterocycles. The Hall–Kier alpha value is -1.04. The minimum Gasteiger partial charge on any atom is -0.468 e. The van der Waals surface area contributed by atoms with Crippen LogP contribution in [-0.2, 0) is 16.0 Å². The van der Waals surface area contributed by atoms with E-state index in [1.165, 1.54) is 7.11 Å². The van der Waals surface area contributed by atoms with Crippen LogP contribution >= 0.6 is 28.3 Å². The van der Waals surface area contributed by atoms with Gasteiger partial charge in [-0.05, 0) is 30.2 Å². The van der Waals surface area contributed by atoms with Crippen LogP contribution in [0.3, 0.4) is 0 Å². The summed E-state index contributed by atoms with van der Waals surface area (Å²) in [7, 11) is 1.34. The second-order valence-electron chi connectivity index (χ2n) is 4.29. The summed E-state index contributed by atoms with van der Waals surface area (Å²) in [6.07, 6.45) is 2.35. The molecule has 6 heteroatoms. The molecule has 0 spiro atoms. The van der Waals surface area contributed by atoms with Crippen LogP contribution in [0, 0.1) is 6.92 Å². The maximum Gasteiger partial charge on any atom is 0.322 e. The Bertz CT molecular complexity index is 598. The van der Waals surface area contributed by atoms with Gasteiger partial charge in [0.2, 0.25) is 0 Å². The van der Waals surface area contributed by atoms with E-state index in [9.17, 15) is 4.79 Å². The molecule has 3 N–H and O–H groups in total. The first-order valence-corrected chi connectivity index (χ1v) is 6.41. The van der Waals surface area contributed by atoms with Gasteiger partial charge >= 0.3 is 5.97 Å². The Morgan fingerprint density at radius 2 is 2.21 bits per heavy atom. The van der Waals surface area contributed by atoms with Crippen molar-refractivity contribution in [2.75, 3.05) is 7.11 Å². The van der Waals surface area contributed by atoms with Crippen molar-refractivity contribution in [3.05, 3.63) is 33.9 Å². The molecule has 0 bridgehead atoms. The molecule has 0 fully saturated rings. The van der Waals surface area contributed by atoms with E-state index >= 15 is 0 Å². The number of carbonyl (C=O) groups excluding carboxylic acids is 1. The SMILES string of the molecule is COC(=O)C(N)Cc1c[nH]c2cc(C)c(Br)cc12.Cl. The first kappa shape index (κ1) is 16.0. The number of hydrogen-bond acceptors (Lipinski definition) is 3. The summed E-state index contributed by atoms with van der Waals surface area (Å²) < 4.78 is 5.68. The molecule has 0 aliphatic rings. The number of benzene rings is 1. The molecule has 0 aliphatic heterocycles. The molecule has 0 amide bonds. The van der Waals surface area contributed by atoms with Crippen molar-refractivity contribution in [2.24, 2.45) is 5.73 Å². The highest BCUT2D eigenvalue weighted by molar-refractivity contribution is 9.10. The highest BCUT2D eigenvalue weighted by Gasteiger charge is 2.16. The monoisotopic (exact) mass is 346 g/mol. The number of rotatable bonds is 3. The number of methoxy groups -OCH3 is 1. The fourth-order valence-corrected chi connectivity index (χ4v) is 2.29. The highest BCUT2D eigenvalue weighted by atomic mass is 79.9. The van der Waals surface area contributed by atoms with Crippen molar-refractivity contribution in [3.63, 3.8) is 0 Å². The number of aromatic amines is 1. The topological polar surface area (TPSA) is 68.1 Å². The van der Waals surface area contributed by atoms with E-state index < -0.39 is 12.0 Å². The first-order valence-electron chi connectivity index (χ1n) is 5.62. The second kappa shape index (κ2) is 6.41. The number of ether oxygens (including phenoxy) is 1. The molecular weight excluding hydrogens is 332 g/mol. The van der Waals surface area contributed by atoms with E-state index in [1.807, 2.05) is 19.2 Å². The van der Waals surface area contributed by atoms with Gasteiger partial charge in [0, 0.05) is 28.0 Å². The molecular formula is C13H16BrClN2O2. The van der Waals surface area contributed by atoms with Gasteiger partial charge in [-0.3, -0.25) is 4.79 Å². The van der Waals surface area contributed by atoms with Gasteiger partial charge in [0.1, 0.15) is 6.04 Å². The summed E-state index contributed by atoms with van der Waals surface area (Å²) in [5.74, 6) is -0.393. The van der Waals surface area contributed by atoms with Gasteiger partial charge in [-0.25, -0.2) is 0 Å². The lowest BCUT2D eigenvalue weighted by atomic mass is 10.0. The summed E-state index contributed by atoms with van der Waals surface area (Å²) in [6, 6.07) is 3.47. The zero-order valence-electron chi connectivity index (χ0n) is 10.7. The Morgan fingerprint density at radius 1 is 1.53 bits per heavy atom. The van der Waals surface area contributed by atoms with Crippen LogP contribution in [0.15, 0.2) is 22.8 Å². The van der Waals surface area contributed by atoms with Gasteiger partial charge in [0.25, 0.3) is 0 Å². The number of carbonyl (C=O) groups is 1. The van der Waals surface area contributed by atoms with Crippen LogP contribution in [-0.4, -0.2) is 24.1 Å². The van der Waals surface area contributed by atoms with Crippen molar-refractivity contribution in [1.82, 2.24) is 4.98 Å². The molecule has 0 aliphatic carbocycles. The lowest BCUT2D eigenvalue weighted by Gasteiger charge is -2.08. The quantitative estimate of drug-likeness (QED) is 0.839. The molecule has 1 heterocycles. The summed E-state index contributed by atoms with van der Waals surface area (Å²) in [5.41, 5.74) is 9.00. The van der Waals surface area contributed by atoms with Crippen LogP contribution < -0.4 is 5.73 Å². The van der Waals surface area contributed by atoms with Crippen LogP contribution in [0.5, 0.6) is 0 Å². The van der Waals surface area contributed by atoms with Crippen LogP contribution in [0.25, 0.3) is 10.9 Å². The average molecular weight is 348 g/mol. The third-order valence-corrected chi connectivity index (χ3v) is 3.84. The second-order valence-corrected chi connectivity index (χ2v) is 5.15. The molecule has 2 aromatic rings. The zero-order valence-corrected chi connectivity index (χ0v) is 13.1. The molecule has 2 rings (SSSR count). The Balaban J connectivity index is 0.00000180. The van der Waals surface area contributed by atoms with Crippen molar-refractivity contribution < 1.29 is 9.53 Å². The van der Waals surface area contributed by atoms with Gasteiger partial charge in [-0.15, -0.1) is 12.4 Å². The van der Waals surface area contributed by atoms with Crippen LogP contribution in [0.2, 0.25) is 0 Å². The smallest absolute Gasteiger partial charge is 0.322 e. The molecule has 0 saturated heterocycles. The molecule has 4 nitrogen and oxygen atoms in total. The molecule has 0 radical (unpaired) electrons. The average Bonchev–Trinajstić information content (AvgIpc) is 2.71. The predicted octanol–water partition coefficient (Wildman–Crippen LogP) is 2.70. The molecule has 0 saturated carbocycles. The fourth-order valence-electron chi connectivity index (χ4n) is 1.95. The third kappa shape index (κ3) is 3.29. The summed E-state index contributed by atoms with van der Waals surface area (Å²) in [6.45, 7) is 2.03. The maximum atomic E-state index is 11.3. The summed E-state index contributed by atoms with van der Waals surface area (Å²) >= 11 is 3.51. The largest absolute Gasteiger partial charge is 0.468 e. The maximum absolute atomic E-state index is 11.3. The van der Waals surface area contributed by atoms with Crippen molar-refractivity contribution in [2.45, 2.75) is 19.4 Å². The molecule has 1 aromatic carbocycles. The van der Waals surface area contributed by atoms with E-state index in [1.54, 1.807) is 0 Å². The number of hydrogen-bond donors (Lipinski definition) is 2. The fraction of sp³-hybridized carbons (Fsp3) is 0.308. The standard InChI is InChI=1S/C13H15BrN2O2.ClH/c1-7-3-12-9(5-10(7)14)8(6-16-12)4-11(15)13(17)18-2;/h3,5-6,11,16H,4,15H2,1-2H3;1H. The number of esters is 1. The van der Waals surface area contributed by atoms with Gasteiger partial charge < -0.3 is 15.5 Å². The minimum atomic E-state index is -0.630. The Labute approximate surface area is 126 Å². The van der Waals surface area contributed by atoms with Crippen molar-refractivity contribution >= 4 is 45.2 Å². The first-order chi connectivity index (χ1) is 8.52. The number of H-pyrrole nitrogens is 1. The minimum absolute atomic E-state index is 0. The molecule has 1 unspecified atom stereocenters. The summed E-state index contributed by atoms with van der Waals surface area (Å²) in [4.78, 5) is 14.5. The molecule has 1 atom stereocenters. The Morgan fingerprint density at radius 3 is 2.84 bits per heavy atom. The van der Waals surface area contributed by atoms with Gasteiger partial charge in [-0.1, -0.05) is 15.9 Å². The number of aryl methyl sites for hydroxylation is 1. The van der Waals surface area contributed by atoms with Crippen LogP contribution in [0.4, 0.5) is 0 Å². The van der Waals surface area contributed by atoms with Crippen molar-refractivity contribution in [3.8, 4) is 0 Å². The lowest BCUT2D eigenvalue weighted by Crippen LogP contribution is -2.33. The lowest BCUT2D eigenvalue weighted by molar-refractivity contribution is -0.142. The van der Waals surface area contributed by atoms with Crippen molar-refractivity contribution in [1.29, 1.82) is 0 Å². The summed E-state index contributed by atoms with van der Waals surface area (Å²) in [5, 5.41) is 1.08. The Kier molecular flexibility index (Phi) is 5.40. The molecule has 19 heavy (non-hydrogen) atoms. The van der Waals surface area contributed by atoms with Gasteiger partial charge in [0.15, 0.2) is 0 Å². The van der Waals surface area contributed by atoms with E-state index in [2.05, 4.69) is 31.7 Å². The molecule has 104 valence electrons. The number of fused-ring (bicyclic) bond motifs is 1. The van der Waals surface area contributed by atoms with E-state index in [0.717, 1.165) is 26.5 Å². The number of aromatic nitrogens is 1. The predicted molar refractivity (Wildman–Crippen MR) is 81.7 cm³/mol. The number of nitrogens with one attached hydrogen (secondary N) is 1. The van der Waals surface area contributed by atoms with E-state index in [0.29, 0.717) is 6.42 Å². The third-order valence-electron chi connectivity index (χ3n) is 2.99. The van der Waals surface area contributed by atoms with E-state index in [-0.39, 0.29) is 12.4 Å². The van der Waals surface area contributed by atoms with Crippen LogP contribution in [0.1, 0.15) is 11.1 Å². The number of nitrogens with two attached hydrogens (primary N) is 1. The normalized spacial score (nSPS) is 12.0. The van der Waals surface area contributed by atoms with E-state index in [4.69, 9.17) is 5.73 Å². The highest BCUT2D eigenvalue weighted by Crippen LogP contribution is 2.26. The zero-order chi connectivity index (χ0) is 13.3. The van der Waals surface area contributed by atoms with Gasteiger partial charge in [0.05, 0.1) is 7.11 Å². The van der Waals surface area contributed by atoms with Gasteiger partial charge in [-0.2, -0.15) is 0 Å².